The summed E-state index contributed by atoms with van der Waals surface area (Å²) in [6.45, 7) is 0.798. The van der Waals surface area contributed by atoms with E-state index in [4.69, 9.17) is 5.73 Å². The maximum absolute atomic E-state index is 12.0. The first-order valence-electron chi connectivity index (χ1n) is 7.11. The van der Waals surface area contributed by atoms with Gasteiger partial charge in [-0.15, -0.1) is 0 Å². The summed E-state index contributed by atoms with van der Waals surface area (Å²) in [6.07, 6.45) is 9.54. The molecule has 19 heavy (non-hydrogen) atoms. The minimum Gasteiger partial charge on any atom is -0.368 e. The van der Waals surface area contributed by atoms with Gasteiger partial charge in [0.25, 0.3) is 0 Å². The number of amides is 1. The third-order valence-corrected chi connectivity index (χ3v) is 4.47. The lowest BCUT2D eigenvalue weighted by Gasteiger charge is -2.34. The first-order chi connectivity index (χ1) is 9.21. The summed E-state index contributed by atoms with van der Waals surface area (Å²) < 4.78 is 1.82. The van der Waals surface area contributed by atoms with E-state index < -0.39 is 5.54 Å². The van der Waals surface area contributed by atoms with Gasteiger partial charge in [0.05, 0.1) is 0 Å². The lowest BCUT2D eigenvalue weighted by atomic mass is 9.83. The van der Waals surface area contributed by atoms with Crippen LogP contribution >= 0.6 is 0 Å². The number of carbonyl (C=O) groups excluding carboxylic acids is 1. The van der Waals surface area contributed by atoms with Crippen LogP contribution in [0.1, 0.15) is 38.5 Å². The van der Waals surface area contributed by atoms with Crippen molar-refractivity contribution in [2.45, 2.75) is 56.7 Å². The zero-order valence-electron chi connectivity index (χ0n) is 11.1. The molecular weight excluding hydrogens is 242 g/mol. The summed E-state index contributed by atoms with van der Waals surface area (Å²) in [5.74, 6) is 0.135. The van der Waals surface area contributed by atoms with Crippen molar-refractivity contribution in [1.82, 2.24) is 20.1 Å². The molecule has 2 aliphatic rings. The molecule has 1 aromatic heterocycles. The maximum Gasteiger partial charge on any atom is 0.238 e. The molecule has 0 radical (unpaired) electrons. The highest BCUT2D eigenvalue weighted by Gasteiger charge is 2.49. The molecule has 1 aromatic rings. The van der Waals surface area contributed by atoms with E-state index in [9.17, 15) is 4.79 Å². The summed E-state index contributed by atoms with van der Waals surface area (Å²) in [6, 6.07) is 0.500. The van der Waals surface area contributed by atoms with Gasteiger partial charge in [0.15, 0.2) is 0 Å². The van der Waals surface area contributed by atoms with Gasteiger partial charge in [-0.2, -0.15) is 5.10 Å². The fourth-order valence-corrected chi connectivity index (χ4v) is 3.28. The molecule has 1 amide bonds. The van der Waals surface area contributed by atoms with Crippen molar-refractivity contribution in [1.29, 1.82) is 0 Å². The van der Waals surface area contributed by atoms with E-state index >= 15 is 0 Å². The van der Waals surface area contributed by atoms with E-state index in [-0.39, 0.29) is 5.91 Å². The van der Waals surface area contributed by atoms with Crippen molar-refractivity contribution in [2.24, 2.45) is 11.7 Å². The Morgan fingerprint density at radius 3 is 2.95 bits per heavy atom. The molecule has 3 N–H and O–H groups in total. The molecule has 2 aliphatic carbocycles. The summed E-state index contributed by atoms with van der Waals surface area (Å²) in [5.41, 5.74) is 5.23. The van der Waals surface area contributed by atoms with E-state index in [1.165, 1.54) is 12.8 Å². The number of hydrogen-bond acceptors (Lipinski definition) is 4. The van der Waals surface area contributed by atoms with Crippen LogP contribution in [0.2, 0.25) is 0 Å². The van der Waals surface area contributed by atoms with Crippen molar-refractivity contribution in [3.05, 3.63) is 12.7 Å². The molecule has 0 aliphatic heterocycles. The Morgan fingerprint density at radius 1 is 1.47 bits per heavy atom. The molecular formula is C13H21N5O. The van der Waals surface area contributed by atoms with Crippen LogP contribution in [-0.4, -0.2) is 32.3 Å². The number of hydrogen-bond donors (Lipinski definition) is 2. The first kappa shape index (κ1) is 12.6. The minimum atomic E-state index is -0.484. The molecule has 0 saturated heterocycles. The molecule has 0 spiro atoms. The van der Waals surface area contributed by atoms with E-state index in [0.717, 1.165) is 32.2 Å². The molecule has 1 heterocycles. The Labute approximate surface area is 112 Å². The van der Waals surface area contributed by atoms with Crippen LogP contribution in [-0.2, 0) is 11.3 Å². The third kappa shape index (κ3) is 2.49. The van der Waals surface area contributed by atoms with Gasteiger partial charge in [-0.05, 0) is 38.0 Å². The van der Waals surface area contributed by atoms with Gasteiger partial charge in [-0.3, -0.25) is 9.48 Å². The van der Waals surface area contributed by atoms with Crippen LogP contribution < -0.4 is 11.1 Å². The van der Waals surface area contributed by atoms with Crippen molar-refractivity contribution >= 4 is 5.91 Å². The molecule has 0 bridgehead atoms. The Bertz CT molecular complexity index is 442. The topological polar surface area (TPSA) is 85.8 Å². The van der Waals surface area contributed by atoms with E-state index in [0.29, 0.717) is 12.0 Å². The number of carbonyl (C=O) groups is 1. The average Bonchev–Trinajstić information content (AvgIpc) is 2.90. The van der Waals surface area contributed by atoms with Gasteiger partial charge in [-0.1, -0.05) is 6.42 Å². The lowest BCUT2D eigenvalue weighted by Crippen LogP contribution is -2.58. The van der Waals surface area contributed by atoms with Crippen LogP contribution in [0.3, 0.4) is 0 Å². The van der Waals surface area contributed by atoms with Gasteiger partial charge < -0.3 is 11.1 Å². The van der Waals surface area contributed by atoms with E-state index in [2.05, 4.69) is 15.4 Å². The SMILES string of the molecule is NC(=O)C1(NC2CC2)CCCC1CCn1cncn1. The summed E-state index contributed by atoms with van der Waals surface area (Å²) in [7, 11) is 0. The van der Waals surface area contributed by atoms with Crippen LogP contribution in [0.4, 0.5) is 0 Å². The van der Waals surface area contributed by atoms with Crippen molar-refractivity contribution in [2.75, 3.05) is 0 Å². The molecule has 3 rings (SSSR count). The standard InChI is InChI=1S/C13H21N5O/c14-12(19)13(17-11-3-4-11)6-1-2-10(13)5-7-18-9-15-8-16-18/h8-11,17H,1-7H2,(H2,14,19). The maximum atomic E-state index is 12.0. The Kier molecular flexibility index (Phi) is 3.26. The summed E-state index contributed by atoms with van der Waals surface area (Å²) in [5, 5.41) is 7.64. The van der Waals surface area contributed by atoms with Crippen LogP contribution in [0, 0.1) is 5.92 Å². The first-order valence-corrected chi connectivity index (χ1v) is 7.11. The predicted octanol–water partition coefficient (Wildman–Crippen LogP) is 0.444. The molecule has 0 aromatic carbocycles. The molecule has 6 heteroatoms. The van der Waals surface area contributed by atoms with Gasteiger partial charge in [0.2, 0.25) is 5.91 Å². The monoisotopic (exact) mass is 263 g/mol. The number of nitrogens with two attached hydrogens (primary N) is 1. The second kappa shape index (κ2) is 4.92. The highest BCUT2D eigenvalue weighted by atomic mass is 16.1. The normalized spacial score (nSPS) is 30.6. The number of nitrogens with one attached hydrogen (secondary N) is 1. The molecule has 2 saturated carbocycles. The average molecular weight is 263 g/mol. The zero-order chi connectivity index (χ0) is 13.3. The third-order valence-electron chi connectivity index (χ3n) is 4.47. The Morgan fingerprint density at radius 2 is 2.32 bits per heavy atom. The minimum absolute atomic E-state index is 0.180. The summed E-state index contributed by atoms with van der Waals surface area (Å²) >= 11 is 0. The lowest BCUT2D eigenvalue weighted by molar-refractivity contribution is -0.126. The largest absolute Gasteiger partial charge is 0.368 e. The van der Waals surface area contributed by atoms with Crippen LogP contribution in [0.5, 0.6) is 0 Å². The van der Waals surface area contributed by atoms with Gasteiger partial charge in [0, 0.05) is 12.6 Å². The predicted molar refractivity (Wildman–Crippen MR) is 70.1 cm³/mol. The second-order valence-electron chi connectivity index (χ2n) is 5.79. The number of aromatic nitrogens is 3. The van der Waals surface area contributed by atoms with Crippen molar-refractivity contribution in [3.8, 4) is 0 Å². The Balaban J connectivity index is 1.68. The van der Waals surface area contributed by atoms with Gasteiger partial charge >= 0.3 is 0 Å². The number of primary amides is 1. The fourth-order valence-electron chi connectivity index (χ4n) is 3.28. The highest BCUT2D eigenvalue weighted by Crippen LogP contribution is 2.40. The summed E-state index contributed by atoms with van der Waals surface area (Å²) in [4.78, 5) is 15.9. The molecule has 2 fully saturated rings. The number of rotatable bonds is 6. The second-order valence-corrected chi connectivity index (χ2v) is 5.79. The fraction of sp³-hybridized carbons (Fsp3) is 0.769. The van der Waals surface area contributed by atoms with Crippen LogP contribution in [0.15, 0.2) is 12.7 Å². The zero-order valence-corrected chi connectivity index (χ0v) is 11.1. The quantitative estimate of drug-likeness (QED) is 0.780. The van der Waals surface area contributed by atoms with Crippen LogP contribution in [0.25, 0.3) is 0 Å². The molecule has 104 valence electrons. The van der Waals surface area contributed by atoms with Gasteiger partial charge in [0.1, 0.15) is 18.2 Å². The Hall–Kier alpha value is -1.43. The molecule has 6 nitrogen and oxygen atoms in total. The van der Waals surface area contributed by atoms with Crippen molar-refractivity contribution < 1.29 is 4.79 Å². The smallest absolute Gasteiger partial charge is 0.238 e. The highest BCUT2D eigenvalue weighted by molar-refractivity contribution is 5.85. The van der Waals surface area contributed by atoms with Gasteiger partial charge in [-0.25, -0.2) is 4.98 Å². The number of aryl methyl sites for hydroxylation is 1. The molecule has 2 unspecified atom stereocenters. The molecule has 2 atom stereocenters. The number of nitrogens with zero attached hydrogens (tertiary/aromatic N) is 3. The van der Waals surface area contributed by atoms with E-state index in [1.807, 2.05) is 4.68 Å². The van der Waals surface area contributed by atoms with Crippen molar-refractivity contribution in [3.63, 3.8) is 0 Å². The van der Waals surface area contributed by atoms with E-state index in [1.54, 1.807) is 12.7 Å².